The largest absolute Gasteiger partial charge is 0.488 e. The first-order valence-electron chi connectivity index (χ1n) is 8.53. The monoisotopic (exact) mass is 413 g/mol. The molecule has 0 saturated carbocycles. The van der Waals surface area contributed by atoms with Crippen molar-refractivity contribution in [1.29, 1.82) is 0 Å². The van der Waals surface area contributed by atoms with E-state index in [1.807, 2.05) is 47.1 Å². The van der Waals surface area contributed by atoms with Gasteiger partial charge in [-0.1, -0.05) is 18.2 Å². The number of para-hydroxylation sites is 1. The molecule has 0 saturated heterocycles. The number of nitrogens with zero attached hydrogens (tertiary/aromatic N) is 3. The topological polar surface area (TPSA) is 63.0 Å². The Balaban J connectivity index is 1.31. The van der Waals surface area contributed by atoms with Gasteiger partial charge >= 0.3 is 0 Å². The summed E-state index contributed by atoms with van der Waals surface area (Å²) in [7, 11) is 1.76. The fourth-order valence-corrected chi connectivity index (χ4v) is 3.43. The molecule has 6 nitrogen and oxygen atoms in total. The normalized spacial score (nSPS) is 16.4. The van der Waals surface area contributed by atoms with E-state index in [9.17, 15) is 0 Å². The fourth-order valence-electron chi connectivity index (χ4n) is 3.08. The van der Waals surface area contributed by atoms with Crippen molar-refractivity contribution in [2.75, 3.05) is 13.6 Å². The summed E-state index contributed by atoms with van der Waals surface area (Å²) in [5, 5.41) is 6.63. The third-order valence-electron chi connectivity index (χ3n) is 4.34. The van der Waals surface area contributed by atoms with Crippen LogP contribution < -0.4 is 15.4 Å². The first-order chi connectivity index (χ1) is 12.7. The van der Waals surface area contributed by atoms with Crippen molar-refractivity contribution in [2.45, 2.75) is 19.1 Å². The highest BCUT2D eigenvalue weighted by Crippen LogP contribution is 2.27. The smallest absolute Gasteiger partial charge is 0.191 e. The second-order valence-electron chi connectivity index (χ2n) is 6.20. The number of pyridine rings is 1. The maximum absolute atomic E-state index is 5.95. The van der Waals surface area contributed by atoms with Crippen molar-refractivity contribution in [3.8, 4) is 5.75 Å². The van der Waals surface area contributed by atoms with Crippen molar-refractivity contribution in [3.05, 3.63) is 64.5 Å². The Hall–Kier alpha value is -2.54. The Labute approximate surface area is 160 Å². The van der Waals surface area contributed by atoms with Crippen LogP contribution in [0.15, 0.2) is 58.3 Å². The molecule has 1 aliphatic rings. The lowest BCUT2D eigenvalue weighted by molar-refractivity contribution is 0.235. The molecule has 0 fully saturated rings. The zero-order valence-electron chi connectivity index (χ0n) is 14.4. The summed E-state index contributed by atoms with van der Waals surface area (Å²) in [6.45, 7) is 1.30. The average molecular weight is 414 g/mol. The Morgan fingerprint density at radius 2 is 2.15 bits per heavy atom. The minimum atomic E-state index is 0.124. The van der Waals surface area contributed by atoms with Gasteiger partial charge in [-0.15, -0.1) is 0 Å². The van der Waals surface area contributed by atoms with E-state index in [2.05, 4.69) is 42.6 Å². The van der Waals surface area contributed by atoms with Gasteiger partial charge in [0.25, 0.3) is 0 Å². The van der Waals surface area contributed by atoms with Crippen LogP contribution in [0, 0.1) is 0 Å². The lowest BCUT2D eigenvalue weighted by Gasteiger charge is -2.15. The molecule has 4 rings (SSSR count). The third-order valence-corrected chi connectivity index (χ3v) is 4.81. The van der Waals surface area contributed by atoms with Gasteiger partial charge in [-0.3, -0.25) is 4.99 Å². The van der Waals surface area contributed by atoms with Crippen LogP contribution in [0.5, 0.6) is 5.75 Å². The van der Waals surface area contributed by atoms with Crippen LogP contribution in [0.2, 0.25) is 0 Å². The van der Waals surface area contributed by atoms with E-state index < -0.39 is 0 Å². The van der Waals surface area contributed by atoms with Gasteiger partial charge in [0, 0.05) is 30.3 Å². The molecule has 1 atom stereocenters. The first-order valence-corrected chi connectivity index (χ1v) is 9.33. The Bertz CT molecular complexity index is 927. The lowest BCUT2D eigenvalue weighted by Crippen LogP contribution is -2.42. The third kappa shape index (κ3) is 3.67. The number of imidazole rings is 1. The highest BCUT2D eigenvalue weighted by molar-refractivity contribution is 9.10. The highest BCUT2D eigenvalue weighted by atomic mass is 79.9. The molecule has 1 aromatic carbocycles. The molecule has 1 unspecified atom stereocenters. The highest BCUT2D eigenvalue weighted by Gasteiger charge is 2.22. The number of ether oxygens (including phenoxy) is 1. The van der Waals surface area contributed by atoms with Gasteiger partial charge in [-0.25, -0.2) is 4.98 Å². The van der Waals surface area contributed by atoms with Gasteiger partial charge in [-0.2, -0.15) is 0 Å². The first kappa shape index (κ1) is 16.9. The predicted molar refractivity (Wildman–Crippen MR) is 106 cm³/mol. The van der Waals surface area contributed by atoms with Crippen molar-refractivity contribution in [2.24, 2.45) is 4.99 Å². The van der Waals surface area contributed by atoms with Gasteiger partial charge in [0.2, 0.25) is 0 Å². The van der Waals surface area contributed by atoms with Gasteiger partial charge in [0.05, 0.1) is 18.8 Å². The van der Waals surface area contributed by atoms with E-state index in [0.29, 0.717) is 13.1 Å². The van der Waals surface area contributed by atoms with Crippen molar-refractivity contribution >= 4 is 27.5 Å². The zero-order chi connectivity index (χ0) is 17.9. The molecule has 2 N–H and O–H groups in total. The molecule has 3 heterocycles. The summed E-state index contributed by atoms with van der Waals surface area (Å²) < 4.78 is 8.98. The molecular formula is C19H20BrN5O. The van der Waals surface area contributed by atoms with Gasteiger partial charge in [0.1, 0.15) is 17.5 Å². The number of halogens is 1. The molecule has 2 aromatic heterocycles. The van der Waals surface area contributed by atoms with E-state index in [-0.39, 0.29) is 6.10 Å². The second-order valence-corrected chi connectivity index (χ2v) is 7.12. The summed E-state index contributed by atoms with van der Waals surface area (Å²) in [5.41, 5.74) is 3.14. The second kappa shape index (κ2) is 7.37. The molecule has 134 valence electrons. The molecule has 0 amide bonds. The van der Waals surface area contributed by atoms with E-state index >= 15 is 0 Å². The number of aliphatic imine (C=N–C) groups is 1. The quantitative estimate of drug-likeness (QED) is 0.509. The summed E-state index contributed by atoms with van der Waals surface area (Å²) in [5.74, 6) is 1.72. The molecule has 3 aromatic rings. The van der Waals surface area contributed by atoms with Crippen LogP contribution in [0.1, 0.15) is 11.3 Å². The number of benzene rings is 1. The lowest BCUT2D eigenvalue weighted by atomic mass is 10.1. The van der Waals surface area contributed by atoms with Gasteiger partial charge in [0.15, 0.2) is 5.96 Å². The SMILES string of the molecule is CN=C(NCc1cn2cc(Br)ccc2n1)NCC1Cc2ccccc2O1. The van der Waals surface area contributed by atoms with Crippen LogP contribution in [-0.2, 0) is 13.0 Å². The molecule has 7 heteroatoms. The van der Waals surface area contributed by atoms with Crippen LogP contribution in [0.25, 0.3) is 5.65 Å². The minimum absolute atomic E-state index is 0.124. The maximum Gasteiger partial charge on any atom is 0.191 e. The zero-order valence-corrected chi connectivity index (χ0v) is 16.0. The molecule has 0 bridgehead atoms. The van der Waals surface area contributed by atoms with E-state index in [1.54, 1.807) is 7.05 Å². The van der Waals surface area contributed by atoms with Crippen LogP contribution in [-0.4, -0.2) is 35.0 Å². The number of nitrogens with one attached hydrogen (secondary N) is 2. The van der Waals surface area contributed by atoms with Crippen molar-refractivity contribution < 1.29 is 4.74 Å². The molecule has 26 heavy (non-hydrogen) atoms. The summed E-state index contributed by atoms with van der Waals surface area (Å²) in [4.78, 5) is 8.87. The van der Waals surface area contributed by atoms with Gasteiger partial charge < -0.3 is 19.8 Å². The number of hydrogen-bond donors (Lipinski definition) is 2. The number of guanidine groups is 1. The summed E-state index contributed by atoms with van der Waals surface area (Å²) >= 11 is 3.47. The van der Waals surface area contributed by atoms with E-state index in [1.165, 1.54) is 5.56 Å². The summed E-state index contributed by atoms with van der Waals surface area (Å²) in [6.07, 6.45) is 5.05. The minimum Gasteiger partial charge on any atom is -0.488 e. The standard InChI is InChI=1S/C19H20BrN5O/c1-21-19(23-10-16-8-13-4-2-3-5-17(13)26-16)22-9-15-12-25-11-14(20)6-7-18(25)24-15/h2-7,11-12,16H,8-10H2,1H3,(H2,21,22,23). The molecule has 0 aliphatic carbocycles. The van der Waals surface area contributed by atoms with Crippen molar-refractivity contribution in [3.63, 3.8) is 0 Å². The van der Waals surface area contributed by atoms with Gasteiger partial charge in [-0.05, 0) is 39.7 Å². The molecular weight excluding hydrogens is 394 g/mol. The number of fused-ring (bicyclic) bond motifs is 2. The molecule has 0 spiro atoms. The Kier molecular flexibility index (Phi) is 4.79. The predicted octanol–water partition coefficient (Wildman–Crippen LogP) is 2.77. The summed E-state index contributed by atoms with van der Waals surface area (Å²) in [6, 6.07) is 12.2. The van der Waals surface area contributed by atoms with E-state index in [0.717, 1.165) is 33.9 Å². The van der Waals surface area contributed by atoms with Crippen LogP contribution >= 0.6 is 15.9 Å². The fraction of sp³-hybridized carbons (Fsp3) is 0.263. The number of hydrogen-bond acceptors (Lipinski definition) is 3. The molecule has 1 aliphatic heterocycles. The number of rotatable bonds is 4. The Morgan fingerprint density at radius 3 is 3.00 bits per heavy atom. The van der Waals surface area contributed by atoms with Crippen LogP contribution in [0.4, 0.5) is 0 Å². The van der Waals surface area contributed by atoms with E-state index in [4.69, 9.17) is 4.74 Å². The molecule has 0 radical (unpaired) electrons. The van der Waals surface area contributed by atoms with Crippen LogP contribution in [0.3, 0.4) is 0 Å². The maximum atomic E-state index is 5.95. The van der Waals surface area contributed by atoms with Crippen molar-refractivity contribution in [1.82, 2.24) is 20.0 Å². The number of aromatic nitrogens is 2. The average Bonchev–Trinajstić information content (AvgIpc) is 3.24. The Morgan fingerprint density at radius 1 is 1.27 bits per heavy atom.